The third kappa shape index (κ3) is 5.96. The number of carbonyl (C=O) groups excluding carboxylic acids is 2. The lowest BCUT2D eigenvalue weighted by Crippen LogP contribution is -2.16. The van der Waals surface area contributed by atoms with Crippen LogP contribution in [0.4, 0.5) is 11.4 Å². The second kappa shape index (κ2) is 11.0. The maximum absolute atomic E-state index is 12.6. The highest BCUT2D eigenvalue weighted by atomic mass is 32.2. The number of anilines is 2. The normalized spacial score (nSPS) is 11.0. The van der Waals surface area contributed by atoms with Gasteiger partial charge in [0.05, 0.1) is 21.7 Å². The molecule has 11 heteroatoms. The minimum Gasteiger partial charge on any atom is -0.325 e. The van der Waals surface area contributed by atoms with E-state index in [0.29, 0.717) is 10.8 Å². The Kier molecular flexibility index (Phi) is 7.86. The fourth-order valence-corrected chi connectivity index (χ4v) is 5.87. The van der Waals surface area contributed by atoms with Crippen molar-refractivity contribution >= 4 is 68.3 Å². The first-order valence-electron chi connectivity index (χ1n) is 10.6. The van der Waals surface area contributed by atoms with Crippen LogP contribution in [-0.2, 0) is 23.1 Å². The SMILES string of the molecule is CCc1cccc(C)c1NC(=O)CSc1nc2ccc(NC(=O)CSc3nncn3C)cc2s1. The molecule has 0 radical (unpaired) electrons. The summed E-state index contributed by atoms with van der Waals surface area (Å²) in [5.41, 5.74) is 4.63. The number of thiazole rings is 1. The van der Waals surface area contributed by atoms with Crippen LogP contribution in [0.2, 0.25) is 0 Å². The third-order valence-corrected chi connectivity index (χ3v) is 8.18. The van der Waals surface area contributed by atoms with E-state index in [0.717, 1.165) is 37.8 Å². The van der Waals surface area contributed by atoms with E-state index in [2.05, 4.69) is 32.7 Å². The first-order chi connectivity index (χ1) is 16.4. The van der Waals surface area contributed by atoms with Crippen LogP contribution in [0, 0.1) is 6.92 Å². The number of aromatic nitrogens is 4. The molecule has 2 aromatic carbocycles. The van der Waals surface area contributed by atoms with Crippen molar-refractivity contribution in [3.05, 3.63) is 53.9 Å². The van der Waals surface area contributed by atoms with Crippen LogP contribution < -0.4 is 10.6 Å². The second-order valence-corrected chi connectivity index (χ2v) is 10.7. The van der Waals surface area contributed by atoms with Crippen molar-refractivity contribution in [1.82, 2.24) is 19.7 Å². The first-order valence-corrected chi connectivity index (χ1v) is 13.4. The van der Waals surface area contributed by atoms with Gasteiger partial charge in [-0.1, -0.05) is 48.6 Å². The van der Waals surface area contributed by atoms with E-state index in [9.17, 15) is 9.59 Å². The number of carbonyl (C=O) groups is 2. The van der Waals surface area contributed by atoms with Crippen LogP contribution >= 0.6 is 34.9 Å². The molecule has 0 saturated heterocycles. The Labute approximate surface area is 210 Å². The fraction of sp³-hybridized carbons (Fsp3) is 0.261. The number of para-hydroxylation sites is 1. The largest absolute Gasteiger partial charge is 0.325 e. The fourth-order valence-electron chi connectivity index (χ4n) is 3.28. The van der Waals surface area contributed by atoms with Crippen molar-refractivity contribution in [3.63, 3.8) is 0 Å². The number of rotatable bonds is 9. The highest BCUT2D eigenvalue weighted by Crippen LogP contribution is 2.31. The Balaban J connectivity index is 1.33. The third-order valence-electron chi connectivity index (χ3n) is 4.99. The summed E-state index contributed by atoms with van der Waals surface area (Å²) in [5, 5.41) is 14.4. The highest BCUT2D eigenvalue weighted by molar-refractivity contribution is 8.01. The van der Waals surface area contributed by atoms with Gasteiger partial charge in [0, 0.05) is 18.4 Å². The van der Waals surface area contributed by atoms with E-state index in [1.807, 2.05) is 50.4 Å². The number of benzene rings is 2. The molecule has 0 saturated carbocycles. The minimum absolute atomic E-state index is 0.0541. The molecule has 0 unspecified atom stereocenters. The summed E-state index contributed by atoms with van der Waals surface area (Å²) in [7, 11) is 1.84. The van der Waals surface area contributed by atoms with Gasteiger partial charge in [0.2, 0.25) is 11.8 Å². The van der Waals surface area contributed by atoms with Crippen molar-refractivity contribution < 1.29 is 9.59 Å². The molecular formula is C23H24N6O2S3. The summed E-state index contributed by atoms with van der Waals surface area (Å²) in [6.45, 7) is 4.08. The zero-order chi connectivity index (χ0) is 24.1. The molecule has 0 atom stereocenters. The van der Waals surface area contributed by atoms with E-state index in [-0.39, 0.29) is 23.3 Å². The topological polar surface area (TPSA) is 102 Å². The molecule has 0 aliphatic rings. The van der Waals surface area contributed by atoms with E-state index in [1.165, 1.54) is 34.9 Å². The monoisotopic (exact) mass is 512 g/mol. The van der Waals surface area contributed by atoms with Crippen LogP contribution in [0.25, 0.3) is 10.2 Å². The van der Waals surface area contributed by atoms with Gasteiger partial charge in [0.1, 0.15) is 6.33 Å². The zero-order valence-electron chi connectivity index (χ0n) is 19.0. The summed E-state index contributed by atoms with van der Waals surface area (Å²) in [6.07, 6.45) is 2.46. The van der Waals surface area contributed by atoms with Crippen molar-refractivity contribution in [2.45, 2.75) is 29.8 Å². The van der Waals surface area contributed by atoms with Gasteiger partial charge in [-0.15, -0.1) is 21.5 Å². The Bertz CT molecular complexity index is 1330. The van der Waals surface area contributed by atoms with Crippen molar-refractivity contribution in [3.8, 4) is 0 Å². The summed E-state index contributed by atoms with van der Waals surface area (Å²) >= 11 is 4.24. The number of amides is 2. The summed E-state index contributed by atoms with van der Waals surface area (Å²) in [4.78, 5) is 29.5. The summed E-state index contributed by atoms with van der Waals surface area (Å²) < 4.78 is 3.53. The molecule has 4 aromatic rings. The Morgan fingerprint density at radius 2 is 1.88 bits per heavy atom. The molecule has 0 aliphatic heterocycles. The van der Waals surface area contributed by atoms with Gasteiger partial charge in [-0.25, -0.2) is 4.98 Å². The summed E-state index contributed by atoms with van der Waals surface area (Å²) in [6, 6.07) is 11.7. The molecule has 34 heavy (non-hydrogen) atoms. The predicted molar refractivity (Wildman–Crippen MR) is 140 cm³/mol. The van der Waals surface area contributed by atoms with E-state index in [4.69, 9.17) is 0 Å². The predicted octanol–water partition coefficient (Wildman–Crippen LogP) is 4.76. The molecule has 8 nitrogen and oxygen atoms in total. The molecule has 2 amide bonds. The molecule has 2 heterocycles. The molecule has 0 fully saturated rings. The smallest absolute Gasteiger partial charge is 0.234 e. The van der Waals surface area contributed by atoms with Crippen molar-refractivity contribution in [2.24, 2.45) is 7.05 Å². The van der Waals surface area contributed by atoms with Gasteiger partial charge >= 0.3 is 0 Å². The molecule has 4 rings (SSSR count). The van der Waals surface area contributed by atoms with Gasteiger partial charge in [-0.05, 0) is 42.7 Å². The van der Waals surface area contributed by atoms with Crippen LogP contribution in [0.1, 0.15) is 18.1 Å². The average Bonchev–Trinajstić information content (AvgIpc) is 3.42. The highest BCUT2D eigenvalue weighted by Gasteiger charge is 2.13. The molecule has 0 spiro atoms. The number of thioether (sulfide) groups is 2. The van der Waals surface area contributed by atoms with Crippen molar-refractivity contribution in [2.75, 3.05) is 22.1 Å². The van der Waals surface area contributed by atoms with Crippen LogP contribution in [0.5, 0.6) is 0 Å². The lowest BCUT2D eigenvalue weighted by Gasteiger charge is -2.12. The lowest BCUT2D eigenvalue weighted by atomic mass is 10.1. The first kappa shape index (κ1) is 24.2. The Morgan fingerprint density at radius 1 is 1.09 bits per heavy atom. The Hall–Kier alpha value is -2.89. The van der Waals surface area contributed by atoms with E-state index < -0.39 is 0 Å². The summed E-state index contributed by atoms with van der Waals surface area (Å²) in [5.74, 6) is 0.344. The van der Waals surface area contributed by atoms with Gasteiger partial charge < -0.3 is 15.2 Å². The number of aryl methyl sites for hydroxylation is 3. The van der Waals surface area contributed by atoms with Gasteiger partial charge in [0.25, 0.3) is 0 Å². The maximum Gasteiger partial charge on any atom is 0.234 e. The molecule has 2 N–H and O–H groups in total. The maximum atomic E-state index is 12.6. The number of nitrogens with one attached hydrogen (secondary N) is 2. The quantitative estimate of drug-likeness (QED) is 0.312. The number of hydrogen-bond donors (Lipinski definition) is 2. The van der Waals surface area contributed by atoms with Crippen LogP contribution in [-0.4, -0.2) is 43.1 Å². The zero-order valence-corrected chi connectivity index (χ0v) is 21.4. The van der Waals surface area contributed by atoms with Gasteiger partial charge in [-0.3, -0.25) is 9.59 Å². The van der Waals surface area contributed by atoms with E-state index in [1.54, 1.807) is 10.9 Å². The number of nitrogens with zero attached hydrogens (tertiary/aromatic N) is 4. The van der Waals surface area contributed by atoms with Crippen LogP contribution in [0.3, 0.4) is 0 Å². The van der Waals surface area contributed by atoms with Crippen LogP contribution in [0.15, 0.2) is 52.2 Å². The Morgan fingerprint density at radius 3 is 2.65 bits per heavy atom. The standard InChI is InChI=1S/C23H24N6O2S3/c1-4-15-7-5-6-14(2)21(15)27-20(31)12-33-23-26-17-9-8-16(10-18(17)34-23)25-19(30)11-32-22-28-24-13-29(22)3/h5-10,13H,4,11-12H2,1-3H3,(H,25,30)(H,27,31). The van der Waals surface area contributed by atoms with Crippen molar-refractivity contribution in [1.29, 1.82) is 0 Å². The average molecular weight is 513 g/mol. The molecule has 2 aromatic heterocycles. The number of hydrogen-bond acceptors (Lipinski definition) is 8. The lowest BCUT2D eigenvalue weighted by molar-refractivity contribution is -0.114. The van der Waals surface area contributed by atoms with Gasteiger partial charge in [-0.2, -0.15) is 0 Å². The minimum atomic E-state index is -0.120. The van der Waals surface area contributed by atoms with E-state index >= 15 is 0 Å². The molecule has 176 valence electrons. The molecule has 0 aliphatic carbocycles. The molecule has 0 bridgehead atoms. The second-order valence-electron chi connectivity index (χ2n) is 7.52. The molecular weight excluding hydrogens is 488 g/mol. The van der Waals surface area contributed by atoms with Gasteiger partial charge in [0.15, 0.2) is 9.50 Å². The number of fused-ring (bicyclic) bond motifs is 1.